The molecule has 0 fully saturated rings. The Balaban J connectivity index is 1.65. The van der Waals surface area contributed by atoms with E-state index in [2.05, 4.69) is 11.6 Å². The van der Waals surface area contributed by atoms with E-state index in [9.17, 15) is 8.42 Å². The van der Waals surface area contributed by atoms with Gasteiger partial charge in [0.2, 0.25) is 0 Å². The fraction of sp³-hybridized carbons (Fsp3) is 0.0455. The molecule has 4 rings (SSSR count). The normalized spacial score (nSPS) is 11.7. The van der Waals surface area contributed by atoms with Crippen LogP contribution in [0.15, 0.2) is 90.3 Å². The van der Waals surface area contributed by atoms with Crippen LogP contribution in [0.3, 0.4) is 0 Å². The maximum Gasteiger partial charge on any atom is 0.182 e. The third kappa shape index (κ3) is 3.11. The van der Waals surface area contributed by atoms with Crippen LogP contribution in [0.1, 0.15) is 5.69 Å². The van der Waals surface area contributed by atoms with Crippen molar-refractivity contribution < 1.29 is 8.42 Å². The Morgan fingerprint density at radius 2 is 1.46 bits per heavy atom. The first-order chi connectivity index (χ1) is 12.5. The van der Waals surface area contributed by atoms with Crippen LogP contribution < -0.4 is 0 Å². The van der Waals surface area contributed by atoms with Gasteiger partial charge in [-0.05, 0) is 40.6 Å². The molecule has 0 bridgehead atoms. The Morgan fingerprint density at radius 3 is 2.27 bits per heavy atom. The first kappa shape index (κ1) is 16.5. The minimum atomic E-state index is -3.49. The van der Waals surface area contributed by atoms with E-state index < -0.39 is 9.84 Å². The van der Waals surface area contributed by atoms with E-state index in [0.29, 0.717) is 16.2 Å². The fourth-order valence-corrected chi connectivity index (χ4v) is 4.37. The van der Waals surface area contributed by atoms with Crippen molar-refractivity contribution >= 4 is 37.1 Å². The van der Waals surface area contributed by atoms with Gasteiger partial charge in [0.1, 0.15) is 0 Å². The largest absolute Gasteiger partial charge is 0.248 e. The summed E-state index contributed by atoms with van der Waals surface area (Å²) in [6.45, 7) is 3.96. The number of aromatic nitrogens is 1. The number of rotatable bonds is 4. The van der Waals surface area contributed by atoms with Crippen LogP contribution in [0.25, 0.3) is 27.2 Å². The minimum absolute atomic E-state index is 0.156. The predicted molar refractivity (Wildman–Crippen MR) is 107 cm³/mol. The molecule has 0 N–H and O–H groups in total. The third-order valence-electron chi connectivity index (χ3n) is 4.40. The van der Waals surface area contributed by atoms with Gasteiger partial charge in [-0.2, -0.15) is 0 Å². The van der Waals surface area contributed by atoms with Crippen LogP contribution in [0.2, 0.25) is 0 Å². The second-order valence-corrected chi connectivity index (χ2v) is 8.25. The molecule has 128 valence electrons. The lowest BCUT2D eigenvalue weighted by atomic mass is 10.1. The second-order valence-electron chi connectivity index (χ2n) is 6.26. The van der Waals surface area contributed by atoms with Gasteiger partial charge in [0.25, 0.3) is 0 Å². The van der Waals surface area contributed by atoms with E-state index in [4.69, 9.17) is 0 Å². The Hall–Kier alpha value is -2.98. The van der Waals surface area contributed by atoms with Crippen molar-refractivity contribution in [1.82, 2.24) is 4.98 Å². The number of para-hydroxylation sites is 1. The number of hydrogen-bond acceptors (Lipinski definition) is 3. The highest BCUT2D eigenvalue weighted by Gasteiger charge is 2.18. The van der Waals surface area contributed by atoms with Crippen molar-refractivity contribution in [1.29, 1.82) is 0 Å². The van der Waals surface area contributed by atoms with Crippen molar-refractivity contribution in [2.75, 3.05) is 5.75 Å². The van der Waals surface area contributed by atoms with Crippen molar-refractivity contribution in [3.05, 3.63) is 91.1 Å². The molecule has 0 saturated heterocycles. The quantitative estimate of drug-likeness (QED) is 0.522. The molecule has 0 unspecified atom stereocenters. The number of hydrogen-bond donors (Lipinski definition) is 0. The molecule has 26 heavy (non-hydrogen) atoms. The van der Waals surface area contributed by atoms with E-state index in [1.165, 1.54) is 0 Å². The van der Waals surface area contributed by atoms with Crippen molar-refractivity contribution in [3.8, 4) is 0 Å². The molecular weight excluding hydrogens is 342 g/mol. The monoisotopic (exact) mass is 359 g/mol. The lowest BCUT2D eigenvalue weighted by Crippen LogP contribution is -2.09. The summed E-state index contributed by atoms with van der Waals surface area (Å²) < 4.78 is 25.7. The Labute approximate surface area is 152 Å². The zero-order valence-electron chi connectivity index (χ0n) is 14.1. The van der Waals surface area contributed by atoms with Crippen LogP contribution >= 0.6 is 0 Å². The summed E-state index contributed by atoms with van der Waals surface area (Å²) in [6.07, 6.45) is 0. The fourth-order valence-electron chi connectivity index (χ4n) is 3.01. The minimum Gasteiger partial charge on any atom is -0.248 e. The molecular formula is C22H17NO2S. The average Bonchev–Trinajstić information content (AvgIpc) is 2.67. The van der Waals surface area contributed by atoms with E-state index in [0.717, 1.165) is 21.7 Å². The number of fused-ring (bicyclic) bond motifs is 2. The highest BCUT2D eigenvalue weighted by molar-refractivity contribution is 7.91. The Kier molecular flexibility index (Phi) is 4.05. The highest BCUT2D eigenvalue weighted by Crippen LogP contribution is 2.24. The molecule has 0 aliphatic rings. The summed E-state index contributed by atoms with van der Waals surface area (Å²) >= 11 is 0. The number of pyridine rings is 1. The van der Waals surface area contributed by atoms with E-state index in [1.54, 1.807) is 12.1 Å². The topological polar surface area (TPSA) is 47.0 Å². The Bertz CT molecular complexity index is 1240. The van der Waals surface area contributed by atoms with Gasteiger partial charge in [-0.25, -0.2) is 13.4 Å². The second kappa shape index (κ2) is 6.39. The van der Waals surface area contributed by atoms with Gasteiger partial charge >= 0.3 is 0 Å². The number of benzene rings is 3. The molecule has 1 aromatic heterocycles. The van der Waals surface area contributed by atoms with Crippen LogP contribution in [-0.4, -0.2) is 19.2 Å². The van der Waals surface area contributed by atoms with Gasteiger partial charge in [-0.1, -0.05) is 61.2 Å². The zero-order valence-corrected chi connectivity index (χ0v) is 14.9. The summed E-state index contributed by atoms with van der Waals surface area (Å²) in [5.41, 5.74) is 1.92. The van der Waals surface area contributed by atoms with Crippen LogP contribution in [0.4, 0.5) is 0 Å². The molecule has 3 nitrogen and oxygen atoms in total. The maximum atomic E-state index is 12.8. The highest BCUT2D eigenvalue weighted by atomic mass is 32.2. The molecule has 4 aromatic rings. The van der Waals surface area contributed by atoms with E-state index in [1.807, 2.05) is 66.7 Å². The summed E-state index contributed by atoms with van der Waals surface area (Å²) in [6, 6.07) is 24.4. The van der Waals surface area contributed by atoms with Crippen LogP contribution in [0, 0.1) is 0 Å². The summed E-state index contributed by atoms with van der Waals surface area (Å²) in [4.78, 5) is 4.84. The van der Waals surface area contributed by atoms with Crippen LogP contribution in [-0.2, 0) is 9.84 Å². The SMILES string of the molecule is C=C(CS(=O)(=O)c1ccc2ccccc2c1)c1ccc2ccccc2n1. The first-order valence-corrected chi connectivity index (χ1v) is 9.94. The molecule has 0 spiro atoms. The predicted octanol–water partition coefficient (Wildman–Crippen LogP) is 4.88. The van der Waals surface area contributed by atoms with E-state index in [-0.39, 0.29) is 5.75 Å². The van der Waals surface area contributed by atoms with Crippen molar-refractivity contribution in [2.24, 2.45) is 0 Å². The van der Waals surface area contributed by atoms with Crippen LogP contribution in [0.5, 0.6) is 0 Å². The molecule has 0 saturated carbocycles. The summed E-state index contributed by atoms with van der Waals surface area (Å²) in [7, 11) is -3.49. The van der Waals surface area contributed by atoms with Crippen molar-refractivity contribution in [3.63, 3.8) is 0 Å². The van der Waals surface area contributed by atoms with Gasteiger partial charge in [-0.3, -0.25) is 0 Å². The van der Waals surface area contributed by atoms with E-state index >= 15 is 0 Å². The number of sulfone groups is 1. The molecule has 0 radical (unpaired) electrons. The third-order valence-corrected chi connectivity index (χ3v) is 6.11. The summed E-state index contributed by atoms with van der Waals surface area (Å²) in [5, 5.41) is 2.94. The first-order valence-electron chi connectivity index (χ1n) is 8.28. The summed E-state index contributed by atoms with van der Waals surface area (Å²) in [5.74, 6) is -0.156. The van der Waals surface area contributed by atoms with Crippen molar-refractivity contribution in [2.45, 2.75) is 4.90 Å². The molecule has 0 amide bonds. The van der Waals surface area contributed by atoms with Gasteiger partial charge < -0.3 is 0 Å². The van der Waals surface area contributed by atoms with Gasteiger partial charge in [0.15, 0.2) is 9.84 Å². The molecule has 0 aliphatic carbocycles. The standard InChI is InChI=1S/C22H17NO2S/c1-16(21-13-11-18-7-4-5-9-22(18)23-21)15-26(24,25)20-12-10-17-6-2-3-8-19(17)14-20/h2-14H,1,15H2. The average molecular weight is 359 g/mol. The lowest BCUT2D eigenvalue weighted by Gasteiger charge is -2.09. The smallest absolute Gasteiger partial charge is 0.182 e. The molecule has 3 aromatic carbocycles. The molecule has 0 atom stereocenters. The molecule has 0 aliphatic heterocycles. The lowest BCUT2D eigenvalue weighted by molar-refractivity contribution is 0.599. The molecule has 1 heterocycles. The van der Waals surface area contributed by atoms with Gasteiger partial charge in [-0.15, -0.1) is 0 Å². The maximum absolute atomic E-state index is 12.8. The van der Waals surface area contributed by atoms with Gasteiger partial charge in [0.05, 0.1) is 21.9 Å². The van der Waals surface area contributed by atoms with Gasteiger partial charge in [0, 0.05) is 5.39 Å². The zero-order chi connectivity index (χ0) is 18.1. The number of nitrogens with zero attached hydrogens (tertiary/aromatic N) is 1. The molecule has 4 heteroatoms. The Morgan fingerprint density at radius 1 is 0.808 bits per heavy atom.